The van der Waals surface area contributed by atoms with Crippen molar-refractivity contribution in [1.82, 2.24) is 19.6 Å². The van der Waals surface area contributed by atoms with Crippen LogP contribution in [0.1, 0.15) is 0 Å². The number of benzene rings is 1. The Morgan fingerprint density at radius 2 is 1.96 bits per heavy atom. The smallest absolute Gasteiger partial charge is 0.236 e. The van der Waals surface area contributed by atoms with Gasteiger partial charge in [0.25, 0.3) is 0 Å². The van der Waals surface area contributed by atoms with Crippen molar-refractivity contribution in [2.75, 3.05) is 39.9 Å². The van der Waals surface area contributed by atoms with Crippen LogP contribution >= 0.6 is 0 Å². The zero-order chi connectivity index (χ0) is 16.1. The lowest BCUT2D eigenvalue weighted by molar-refractivity contribution is -0.136. The van der Waals surface area contributed by atoms with Gasteiger partial charge < -0.3 is 9.64 Å². The Morgan fingerprint density at radius 3 is 2.70 bits per heavy atom. The molecule has 1 amide bonds. The van der Waals surface area contributed by atoms with Gasteiger partial charge in [-0.3, -0.25) is 14.4 Å². The van der Waals surface area contributed by atoms with Crippen LogP contribution in [0.25, 0.3) is 11.3 Å². The fourth-order valence-corrected chi connectivity index (χ4v) is 2.64. The fraction of sp³-hybridized carbons (Fsp3) is 0.412. The number of nitrogens with zero attached hydrogens (tertiary/aromatic N) is 4. The van der Waals surface area contributed by atoms with Crippen LogP contribution in [-0.2, 0) is 16.2 Å². The molecule has 1 fully saturated rings. The first-order valence-electron chi connectivity index (χ1n) is 7.85. The first-order valence-corrected chi connectivity index (χ1v) is 7.85. The number of aromatic nitrogens is 2. The van der Waals surface area contributed by atoms with Gasteiger partial charge in [-0.2, -0.15) is 5.10 Å². The molecule has 6 heteroatoms. The van der Waals surface area contributed by atoms with Gasteiger partial charge in [-0.05, 0) is 13.1 Å². The highest BCUT2D eigenvalue weighted by Gasteiger charge is 2.18. The van der Waals surface area contributed by atoms with Crippen LogP contribution in [0.4, 0.5) is 0 Å². The Kier molecular flexibility index (Phi) is 5.05. The third-order valence-electron chi connectivity index (χ3n) is 3.87. The summed E-state index contributed by atoms with van der Waals surface area (Å²) in [5.74, 6) is 0.145. The number of hydrogen-bond acceptors (Lipinski definition) is 4. The average Bonchev–Trinajstić information content (AvgIpc) is 3.04. The summed E-state index contributed by atoms with van der Waals surface area (Å²) in [6.07, 6.45) is 1.94. The molecular weight excluding hydrogens is 292 g/mol. The predicted molar refractivity (Wildman–Crippen MR) is 87.7 cm³/mol. The Bertz CT molecular complexity index is 635. The van der Waals surface area contributed by atoms with Crippen molar-refractivity contribution in [3.05, 3.63) is 42.6 Å². The lowest BCUT2D eigenvalue weighted by atomic mass is 10.2. The molecule has 2 aromatic rings. The molecule has 23 heavy (non-hydrogen) atoms. The van der Waals surface area contributed by atoms with Gasteiger partial charge in [0, 0.05) is 24.8 Å². The van der Waals surface area contributed by atoms with E-state index in [1.165, 1.54) is 0 Å². The molecule has 0 aliphatic carbocycles. The third kappa shape index (κ3) is 4.18. The highest BCUT2D eigenvalue weighted by Crippen LogP contribution is 2.15. The van der Waals surface area contributed by atoms with Crippen molar-refractivity contribution in [3.8, 4) is 11.3 Å². The van der Waals surface area contributed by atoms with Crippen LogP contribution in [0.5, 0.6) is 0 Å². The summed E-state index contributed by atoms with van der Waals surface area (Å²) in [5, 5.41) is 4.57. The van der Waals surface area contributed by atoms with Crippen LogP contribution in [0, 0.1) is 0 Å². The number of amides is 1. The van der Waals surface area contributed by atoms with Gasteiger partial charge >= 0.3 is 0 Å². The number of ether oxygens (including phenoxy) is 1. The van der Waals surface area contributed by atoms with Gasteiger partial charge in [-0.1, -0.05) is 30.3 Å². The highest BCUT2D eigenvalue weighted by molar-refractivity contribution is 5.78. The maximum Gasteiger partial charge on any atom is 0.236 e. The summed E-state index contributed by atoms with van der Waals surface area (Å²) in [7, 11) is 1.93. The van der Waals surface area contributed by atoms with Gasteiger partial charge in [0.1, 0.15) is 0 Å². The largest absolute Gasteiger partial charge is 0.378 e. The Labute approximate surface area is 136 Å². The van der Waals surface area contributed by atoms with Gasteiger partial charge in [0.05, 0.1) is 32.1 Å². The molecule has 0 bridgehead atoms. The number of hydrogen-bond donors (Lipinski definition) is 0. The van der Waals surface area contributed by atoms with Crippen LogP contribution in [0.15, 0.2) is 42.6 Å². The van der Waals surface area contributed by atoms with E-state index < -0.39 is 0 Å². The standard InChI is InChI=1S/C17H22N4O2/c1-19(13-17(22)20-9-11-23-12-10-20)14-21-8-7-16(18-21)15-5-3-2-4-6-15/h2-8H,9-14H2,1H3. The minimum Gasteiger partial charge on any atom is -0.378 e. The van der Waals surface area contributed by atoms with Gasteiger partial charge in [0.2, 0.25) is 5.91 Å². The normalized spacial score (nSPS) is 15.1. The average molecular weight is 314 g/mol. The van der Waals surface area contributed by atoms with Gasteiger partial charge in [-0.15, -0.1) is 0 Å². The molecule has 0 atom stereocenters. The Morgan fingerprint density at radius 1 is 1.22 bits per heavy atom. The summed E-state index contributed by atoms with van der Waals surface area (Å²) in [5.41, 5.74) is 2.04. The molecule has 1 aromatic heterocycles. The number of morpholine rings is 1. The van der Waals surface area contributed by atoms with Crippen LogP contribution < -0.4 is 0 Å². The third-order valence-corrected chi connectivity index (χ3v) is 3.87. The van der Waals surface area contributed by atoms with E-state index in [-0.39, 0.29) is 5.91 Å². The quantitative estimate of drug-likeness (QED) is 0.835. The Balaban J connectivity index is 1.54. The van der Waals surface area contributed by atoms with Crippen molar-refractivity contribution in [2.24, 2.45) is 0 Å². The number of carbonyl (C=O) groups excluding carboxylic acids is 1. The van der Waals surface area contributed by atoms with Crippen LogP contribution in [0.2, 0.25) is 0 Å². The van der Waals surface area contributed by atoms with Crippen molar-refractivity contribution >= 4 is 5.91 Å². The zero-order valence-electron chi connectivity index (χ0n) is 13.4. The summed E-state index contributed by atoms with van der Waals surface area (Å²) in [4.78, 5) is 16.1. The van der Waals surface area contributed by atoms with E-state index in [0.717, 1.165) is 11.3 Å². The molecule has 1 saturated heterocycles. The summed E-state index contributed by atoms with van der Waals surface area (Å²) in [6, 6.07) is 12.1. The number of rotatable bonds is 5. The Hall–Kier alpha value is -2.18. The molecule has 6 nitrogen and oxygen atoms in total. The molecule has 0 spiro atoms. The molecule has 0 N–H and O–H groups in total. The maximum atomic E-state index is 12.2. The monoisotopic (exact) mass is 314 g/mol. The second kappa shape index (κ2) is 7.39. The van der Waals surface area contributed by atoms with Crippen molar-refractivity contribution in [2.45, 2.75) is 6.67 Å². The lowest BCUT2D eigenvalue weighted by Gasteiger charge is -2.28. The highest BCUT2D eigenvalue weighted by atomic mass is 16.5. The van der Waals surface area contributed by atoms with E-state index in [9.17, 15) is 4.79 Å². The molecular formula is C17H22N4O2. The molecule has 1 aliphatic heterocycles. The van der Waals surface area contributed by atoms with E-state index >= 15 is 0 Å². The SMILES string of the molecule is CN(CC(=O)N1CCOCC1)Cn1ccc(-c2ccccc2)n1. The fourth-order valence-electron chi connectivity index (χ4n) is 2.64. The van der Waals surface area contributed by atoms with E-state index in [0.29, 0.717) is 39.5 Å². The molecule has 3 rings (SSSR count). The molecule has 0 saturated carbocycles. The molecule has 1 aromatic carbocycles. The van der Waals surface area contributed by atoms with Crippen LogP contribution in [-0.4, -0.2) is 65.4 Å². The van der Waals surface area contributed by atoms with Crippen molar-refractivity contribution < 1.29 is 9.53 Å². The minimum atomic E-state index is 0.145. The first kappa shape index (κ1) is 15.7. The maximum absolute atomic E-state index is 12.2. The summed E-state index contributed by atoms with van der Waals surface area (Å²) in [6.45, 7) is 3.62. The van der Waals surface area contributed by atoms with Crippen LogP contribution in [0.3, 0.4) is 0 Å². The predicted octanol–water partition coefficient (Wildman–Crippen LogP) is 1.30. The van der Waals surface area contributed by atoms with Crippen molar-refractivity contribution in [3.63, 3.8) is 0 Å². The molecule has 2 heterocycles. The second-order valence-corrected chi connectivity index (χ2v) is 5.76. The van der Waals surface area contributed by atoms with E-state index in [1.807, 2.05) is 64.1 Å². The summed E-state index contributed by atoms with van der Waals surface area (Å²) < 4.78 is 7.13. The van der Waals surface area contributed by atoms with E-state index in [1.54, 1.807) is 0 Å². The van der Waals surface area contributed by atoms with E-state index in [4.69, 9.17) is 4.74 Å². The molecule has 1 aliphatic rings. The molecule has 122 valence electrons. The first-order chi connectivity index (χ1) is 11.2. The number of carbonyl (C=O) groups is 1. The lowest BCUT2D eigenvalue weighted by Crippen LogP contribution is -2.45. The van der Waals surface area contributed by atoms with Crippen molar-refractivity contribution in [1.29, 1.82) is 0 Å². The molecule has 0 radical (unpaired) electrons. The minimum absolute atomic E-state index is 0.145. The zero-order valence-corrected chi connectivity index (χ0v) is 13.4. The van der Waals surface area contributed by atoms with E-state index in [2.05, 4.69) is 5.10 Å². The second-order valence-electron chi connectivity index (χ2n) is 5.76. The number of likely N-dealkylation sites (N-methyl/N-ethyl adjacent to an activating group) is 1. The molecule has 0 unspecified atom stereocenters. The van der Waals surface area contributed by atoms with Gasteiger partial charge in [0.15, 0.2) is 0 Å². The topological polar surface area (TPSA) is 50.6 Å². The summed E-state index contributed by atoms with van der Waals surface area (Å²) >= 11 is 0. The van der Waals surface area contributed by atoms with Gasteiger partial charge in [-0.25, -0.2) is 0 Å².